The van der Waals surface area contributed by atoms with Crippen LogP contribution in [0, 0.1) is 5.92 Å². The van der Waals surface area contributed by atoms with E-state index >= 15 is 0 Å². The van der Waals surface area contributed by atoms with E-state index in [1.807, 2.05) is 32.0 Å². The number of benzene rings is 1. The van der Waals surface area contributed by atoms with Gasteiger partial charge in [0.25, 0.3) is 0 Å². The van der Waals surface area contributed by atoms with Gasteiger partial charge in [0, 0.05) is 12.6 Å². The molecule has 20 heavy (non-hydrogen) atoms. The summed E-state index contributed by atoms with van der Waals surface area (Å²) in [7, 11) is 0. The van der Waals surface area contributed by atoms with Crippen molar-refractivity contribution in [3.8, 4) is 11.5 Å². The third kappa shape index (κ3) is 3.62. The summed E-state index contributed by atoms with van der Waals surface area (Å²) in [6, 6.07) is 5.45. The van der Waals surface area contributed by atoms with Crippen LogP contribution >= 0.6 is 0 Å². The maximum Gasteiger partial charge on any atom is 0.161 e. The van der Waals surface area contributed by atoms with Crippen molar-refractivity contribution in [2.45, 2.75) is 26.0 Å². The molecule has 0 bridgehead atoms. The van der Waals surface area contributed by atoms with E-state index in [4.69, 9.17) is 9.47 Å². The van der Waals surface area contributed by atoms with Gasteiger partial charge in [-0.3, -0.25) is 0 Å². The summed E-state index contributed by atoms with van der Waals surface area (Å²) >= 11 is 0. The molecule has 0 aromatic heterocycles. The summed E-state index contributed by atoms with van der Waals surface area (Å²) < 4.78 is 11.0. The summed E-state index contributed by atoms with van der Waals surface area (Å²) in [4.78, 5) is 0. The SMILES string of the molecule is CC(C)[C@@H](CO)NCC(O)c1ccc2c(c1)OCCO2. The Hall–Kier alpha value is -1.30. The lowest BCUT2D eigenvalue weighted by molar-refractivity contribution is 0.146. The van der Waals surface area contributed by atoms with Gasteiger partial charge in [0.1, 0.15) is 13.2 Å². The Morgan fingerprint density at radius 2 is 1.90 bits per heavy atom. The van der Waals surface area contributed by atoms with Crippen LogP contribution in [0.1, 0.15) is 25.5 Å². The predicted octanol–water partition coefficient (Wildman–Crippen LogP) is 1.10. The molecule has 1 unspecified atom stereocenters. The van der Waals surface area contributed by atoms with E-state index in [2.05, 4.69) is 5.32 Å². The van der Waals surface area contributed by atoms with Crippen LogP contribution in [0.5, 0.6) is 11.5 Å². The van der Waals surface area contributed by atoms with Gasteiger partial charge >= 0.3 is 0 Å². The van der Waals surface area contributed by atoms with Crippen molar-refractivity contribution >= 4 is 0 Å². The number of aliphatic hydroxyl groups excluding tert-OH is 2. The summed E-state index contributed by atoms with van der Waals surface area (Å²) in [5, 5.41) is 22.6. The maximum atomic E-state index is 10.2. The van der Waals surface area contributed by atoms with Crippen molar-refractivity contribution in [2.75, 3.05) is 26.4 Å². The van der Waals surface area contributed by atoms with E-state index < -0.39 is 6.10 Å². The molecular formula is C15H23NO4. The Kier molecular flexibility index (Phi) is 5.23. The van der Waals surface area contributed by atoms with Crippen molar-refractivity contribution in [1.29, 1.82) is 0 Å². The van der Waals surface area contributed by atoms with Gasteiger partial charge in [-0.25, -0.2) is 0 Å². The molecule has 0 amide bonds. The summed E-state index contributed by atoms with van der Waals surface area (Å²) in [6.07, 6.45) is -0.640. The van der Waals surface area contributed by atoms with Gasteiger partial charge in [0.15, 0.2) is 11.5 Å². The van der Waals surface area contributed by atoms with Crippen LogP contribution in [0.15, 0.2) is 18.2 Å². The van der Waals surface area contributed by atoms with Crippen LogP contribution in [0.2, 0.25) is 0 Å². The van der Waals surface area contributed by atoms with Crippen LogP contribution in [0.4, 0.5) is 0 Å². The van der Waals surface area contributed by atoms with Gasteiger partial charge in [-0.1, -0.05) is 19.9 Å². The van der Waals surface area contributed by atoms with E-state index in [9.17, 15) is 10.2 Å². The Morgan fingerprint density at radius 3 is 2.55 bits per heavy atom. The second-order valence-corrected chi connectivity index (χ2v) is 5.36. The molecule has 3 N–H and O–H groups in total. The fraction of sp³-hybridized carbons (Fsp3) is 0.600. The van der Waals surface area contributed by atoms with Crippen molar-refractivity contribution in [3.05, 3.63) is 23.8 Å². The van der Waals surface area contributed by atoms with E-state index in [1.165, 1.54) is 0 Å². The second-order valence-electron chi connectivity index (χ2n) is 5.36. The van der Waals surface area contributed by atoms with Crippen molar-refractivity contribution in [3.63, 3.8) is 0 Å². The van der Waals surface area contributed by atoms with Gasteiger partial charge in [-0.2, -0.15) is 0 Å². The molecule has 1 heterocycles. The van der Waals surface area contributed by atoms with E-state index in [0.29, 0.717) is 31.4 Å². The topological polar surface area (TPSA) is 71.0 Å². The fourth-order valence-corrected chi connectivity index (χ4v) is 2.16. The molecule has 1 aliphatic rings. The highest BCUT2D eigenvalue weighted by Gasteiger charge is 2.17. The Balaban J connectivity index is 1.97. The van der Waals surface area contributed by atoms with E-state index in [0.717, 1.165) is 11.3 Å². The molecular weight excluding hydrogens is 258 g/mol. The predicted molar refractivity (Wildman–Crippen MR) is 76.1 cm³/mol. The zero-order valence-corrected chi connectivity index (χ0v) is 12.0. The normalized spacial score (nSPS) is 17.1. The monoisotopic (exact) mass is 281 g/mol. The van der Waals surface area contributed by atoms with Gasteiger partial charge in [-0.05, 0) is 23.6 Å². The van der Waals surface area contributed by atoms with Gasteiger partial charge < -0.3 is 25.0 Å². The number of fused-ring (bicyclic) bond motifs is 1. The third-order valence-electron chi connectivity index (χ3n) is 3.53. The molecule has 5 nitrogen and oxygen atoms in total. The van der Waals surface area contributed by atoms with Crippen LogP contribution in [0.25, 0.3) is 0 Å². The van der Waals surface area contributed by atoms with E-state index in [-0.39, 0.29) is 12.6 Å². The number of aliphatic hydroxyl groups is 2. The first kappa shape index (κ1) is 15.1. The van der Waals surface area contributed by atoms with E-state index in [1.54, 1.807) is 0 Å². The Labute approximate surface area is 119 Å². The largest absolute Gasteiger partial charge is 0.486 e. The zero-order chi connectivity index (χ0) is 14.5. The highest BCUT2D eigenvalue weighted by Crippen LogP contribution is 2.32. The Bertz CT molecular complexity index is 436. The third-order valence-corrected chi connectivity index (χ3v) is 3.53. The van der Waals surface area contributed by atoms with Crippen molar-refractivity contribution in [1.82, 2.24) is 5.32 Å². The molecule has 0 saturated heterocycles. The van der Waals surface area contributed by atoms with Crippen molar-refractivity contribution in [2.24, 2.45) is 5.92 Å². The summed E-state index contributed by atoms with van der Waals surface area (Å²) in [5.74, 6) is 1.71. The fourth-order valence-electron chi connectivity index (χ4n) is 2.16. The van der Waals surface area contributed by atoms with Crippen LogP contribution in [-0.2, 0) is 0 Å². The molecule has 1 aromatic rings. The minimum atomic E-state index is -0.640. The summed E-state index contributed by atoms with van der Waals surface area (Å²) in [5.41, 5.74) is 0.780. The number of hydrogen-bond acceptors (Lipinski definition) is 5. The molecule has 0 radical (unpaired) electrons. The van der Waals surface area contributed by atoms with Crippen LogP contribution in [0.3, 0.4) is 0 Å². The first-order valence-electron chi connectivity index (χ1n) is 7.03. The average Bonchev–Trinajstić information content (AvgIpc) is 2.46. The molecule has 0 aliphatic carbocycles. The molecule has 0 spiro atoms. The van der Waals surface area contributed by atoms with Gasteiger partial charge in [0.2, 0.25) is 0 Å². The molecule has 5 heteroatoms. The maximum absolute atomic E-state index is 10.2. The molecule has 112 valence electrons. The molecule has 2 rings (SSSR count). The number of hydrogen-bond donors (Lipinski definition) is 3. The van der Waals surface area contributed by atoms with Gasteiger partial charge in [-0.15, -0.1) is 0 Å². The average molecular weight is 281 g/mol. The lowest BCUT2D eigenvalue weighted by atomic mass is 10.0. The second kappa shape index (κ2) is 6.92. The number of ether oxygens (including phenoxy) is 2. The smallest absolute Gasteiger partial charge is 0.161 e. The molecule has 1 aromatic carbocycles. The quantitative estimate of drug-likeness (QED) is 0.728. The standard InChI is InChI=1S/C15H23NO4/c1-10(2)12(9-17)16-8-13(18)11-3-4-14-15(7-11)20-6-5-19-14/h3-4,7,10,12-13,16-18H,5-6,8-9H2,1-2H3/t12-,13?/m1/s1. The Morgan fingerprint density at radius 1 is 1.20 bits per heavy atom. The minimum Gasteiger partial charge on any atom is -0.486 e. The molecule has 0 saturated carbocycles. The first-order chi connectivity index (χ1) is 9.61. The highest BCUT2D eigenvalue weighted by molar-refractivity contribution is 5.44. The summed E-state index contributed by atoms with van der Waals surface area (Å²) in [6.45, 7) is 5.61. The van der Waals surface area contributed by atoms with Crippen LogP contribution < -0.4 is 14.8 Å². The van der Waals surface area contributed by atoms with Gasteiger partial charge in [0.05, 0.1) is 12.7 Å². The number of nitrogens with one attached hydrogen (secondary N) is 1. The first-order valence-corrected chi connectivity index (χ1v) is 7.03. The molecule has 1 aliphatic heterocycles. The number of rotatable bonds is 6. The lowest BCUT2D eigenvalue weighted by Crippen LogP contribution is -2.39. The zero-order valence-electron chi connectivity index (χ0n) is 12.0. The molecule has 2 atom stereocenters. The lowest BCUT2D eigenvalue weighted by Gasteiger charge is -2.23. The van der Waals surface area contributed by atoms with Crippen LogP contribution in [-0.4, -0.2) is 42.6 Å². The minimum absolute atomic E-state index is 0.0122. The molecule has 0 fully saturated rings. The highest BCUT2D eigenvalue weighted by atomic mass is 16.6. The van der Waals surface area contributed by atoms with Crippen molar-refractivity contribution < 1.29 is 19.7 Å².